The van der Waals surface area contributed by atoms with Crippen molar-refractivity contribution >= 4 is 21.6 Å². The van der Waals surface area contributed by atoms with Crippen molar-refractivity contribution < 1.29 is 13.2 Å². The van der Waals surface area contributed by atoms with E-state index in [1.54, 1.807) is 19.1 Å². The van der Waals surface area contributed by atoms with Gasteiger partial charge in [-0.05, 0) is 36.2 Å². The van der Waals surface area contributed by atoms with Gasteiger partial charge in [0.1, 0.15) is 0 Å². The SMILES string of the molecule is CCNS(=O)(=O)c1ccc(NC(=O)[C@H](CC)c2ccccc2)cc1. The average Bonchev–Trinajstić information content (AvgIpc) is 2.57. The molecule has 0 bridgehead atoms. The third-order valence-corrected chi connectivity index (χ3v) is 5.25. The van der Waals surface area contributed by atoms with Crippen molar-refractivity contribution in [3.8, 4) is 0 Å². The van der Waals surface area contributed by atoms with Gasteiger partial charge in [0, 0.05) is 12.2 Å². The molecule has 6 heteroatoms. The Morgan fingerprint density at radius 1 is 1.00 bits per heavy atom. The van der Waals surface area contributed by atoms with E-state index < -0.39 is 10.0 Å². The smallest absolute Gasteiger partial charge is 0.240 e. The summed E-state index contributed by atoms with van der Waals surface area (Å²) in [7, 11) is -3.48. The van der Waals surface area contributed by atoms with E-state index in [0.717, 1.165) is 5.56 Å². The molecule has 0 fully saturated rings. The number of benzene rings is 2. The summed E-state index contributed by atoms with van der Waals surface area (Å²) in [6.07, 6.45) is 0.683. The lowest BCUT2D eigenvalue weighted by molar-refractivity contribution is -0.117. The van der Waals surface area contributed by atoms with E-state index in [4.69, 9.17) is 0 Å². The van der Waals surface area contributed by atoms with Crippen molar-refractivity contribution in [3.63, 3.8) is 0 Å². The zero-order chi connectivity index (χ0) is 17.6. The summed E-state index contributed by atoms with van der Waals surface area (Å²) >= 11 is 0. The number of hydrogen-bond acceptors (Lipinski definition) is 3. The van der Waals surface area contributed by atoms with Crippen LogP contribution in [0.4, 0.5) is 5.69 Å². The Kier molecular flexibility index (Phi) is 6.11. The number of nitrogens with one attached hydrogen (secondary N) is 2. The normalized spacial score (nSPS) is 12.6. The maximum Gasteiger partial charge on any atom is 0.240 e. The molecule has 1 amide bonds. The van der Waals surface area contributed by atoms with Gasteiger partial charge in [-0.1, -0.05) is 44.2 Å². The summed E-state index contributed by atoms with van der Waals surface area (Å²) in [5.74, 6) is -0.345. The second-order valence-electron chi connectivity index (χ2n) is 5.39. The first-order chi connectivity index (χ1) is 11.5. The summed E-state index contributed by atoms with van der Waals surface area (Å²) in [5, 5.41) is 2.85. The molecular formula is C18H22N2O3S. The van der Waals surface area contributed by atoms with E-state index in [2.05, 4.69) is 10.0 Å². The molecule has 2 aromatic rings. The topological polar surface area (TPSA) is 75.3 Å². The number of carbonyl (C=O) groups excluding carboxylic acids is 1. The second kappa shape index (κ2) is 8.08. The quantitative estimate of drug-likeness (QED) is 0.809. The summed E-state index contributed by atoms with van der Waals surface area (Å²) in [4.78, 5) is 12.7. The first kappa shape index (κ1) is 18.2. The van der Waals surface area contributed by atoms with E-state index in [0.29, 0.717) is 18.7 Å². The van der Waals surface area contributed by atoms with Crippen molar-refractivity contribution in [1.29, 1.82) is 0 Å². The number of sulfonamides is 1. The molecule has 0 saturated heterocycles. The van der Waals surface area contributed by atoms with Gasteiger partial charge in [0.15, 0.2) is 0 Å². The highest BCUT2D eigenvalue weighted by Crippen LogP contribution is 2.22. The Balaban J connectivity index is 2.12. The highest BCUT2D eigenvalue weighted by atomic mass is 32.2. The van der Waals surface area contributed by atoms with Gasteiger partial charge in [-0.3, -0.25) is 4.79 Å². The Morgan fingerprint density at radius 3 is 2.17 bits per heavy atom. The van der Waals surface area contributed by atoms with E-state index >= 15 is 0 Å². The van der Waals surface area contributed by atoms with Crippen LogP contribution in [0.1, 0.15) is 31.7 Å². The molecule has 0 heterocycles. The van der Waals surface area contributed by atoms with Gasteiger partial charge >= 0.3 is 0 Å². The van der Waals surface area contributed by atoms with E-state index in [1.807, 2.05) is 37.3 Å². The van der Waals surface area contributed by atoms with E-state index in [-0.39, 0.29) is 16.7 Å². The van der Waals surface area contributed by atoms with Crippen LogP contribution in [-0.4, -0.2) is 20.9 Å². The number of anilines is 1. The molecule has 128 valence electrons. The number of carbonyl (C=O) groups is 1. The molecule has 5 nitrogen and oxygen atoms in total. The summed E-state index contributed by atoms with van der Waals surface area (Å²) in [6.45, 7) is 4.01. The average molecular weight is 346 g/mol. The summed E-state index contributed by atoms with van der Waals surface area (Å²) < 4.78 is 26.2. The first-order valence-electron chi connectivity index (χ1n) is 7.93. The molecule has 2 rings (SSSR count). The highest BCUT2D eigenvalue weighted by Gasteiger charge is 2.19. The Bertz CT molecular complexity index is 772. The van der Waals surface area contributed by atoms with Crippen LogP contribution < -0.4 is 10.0 Å². The van der Waals surface area contributed by atoms with Crippen LogP contribution in [0.3, 0.4) is 0 Å². The zero-order valence-corrected chi connectivity index (χ0v) is 14.6. The lowest BCUT2D eigenvalue weighted by Gasteiger charge is -2.15. The summed E-state index contributed by atoms with van der Waals surface area (Å²) in [5.41, 5.74) is 1.54. The maximum atomic E-state index is 12.5. The van der Waals surface area contributed by atoms with Gasteiger partial charge < -0.3 is 5.32 Å². The standard InChI is InChI=1S/C18H22N2O3S/c1-3-17(14-8-6-5-7-9-14)18(21)20-15-10-12-16(13-11-15)24(22,23)19-4-2/h5-13,17,19H,3-4H2,1-2H3,(H,20,21)/t17-/m1/s1. The molecule has 0 unspecified atom stereocenters. The molecule has 0 aliphatic carbocycles. The van der Waals surface area contributed by atoms with Crippen molar-refractivity contribution in [2.45, 2.75) is 31.1 Å². The molecule has 0 aromatic heterocycles. The van der Waals surface area contributed by atoms with Gasteiger partial charge in [-0.25, -0.2) is 13.1 Å². The van der Waals surface area contributed by atoms with Crippen molar-refractivity contribution in [2.24, 2.45) is 0 Å². The molecule has 0 radical (unpaired) electrons. The van der Waals surface area contributed by atoms with Crippen LogP contribution in [0, 0.1) is 0 Å². The predicted molar refractivity (Wildman–Crippen MR) is 95.4 cm³/mol. The van der Waals surface area contributed by atoms with Crippen molar-refractivity contribution in [1.82, 2.24) is 4.72 Å². The summed E-state index contributed by atoms with van der Waals surface area (Å²) in [6, 6.07) is 15.8. The minimum Gasteiger partial charge on any atom is -0.326 e. The van der Waals surface area contributed by atoms with Crippen LogP contribution in [-0.2, 0) is 14.8 Å². The lowest BCUT2D eigenvalue weighted by atomic mass is 9.95. The van der Waals surface area contributed by atoms with Gasteiger partial charge in [-0.15, -0.1) is 0 Å². The van der Waals surface area contributed by atoms with E-state index in [9.17, 15) is 13.2 Å². The van der Waals surface area contributed by atoms with Gasteiger partial charge in [0.2, 0.25) is 15.9 Å². The van der Waals surface area contributed by atoms with Crippen LogP contribution in [0.5, 0.6) is 0 Å². The molecular weight excluding hydrogens is 324 g/mol. The monoisotopic (exact) mass is 346 g/mol. The zero-order valence-electron chi connectivity index (χ0n) is 13.8. The molecule has 1 atom stereocenters. The first-order valence-corrected chi connectivity index (χ1v) is 9.41. The molecule has 0 aliphatic heterocycles. The van der Waals surface area contributed by atoms with Crippen molar-refractivity contribution in [3.05, 3.63) is 60.2 Å². The van der Waals surface area contributed by atoms with Crippen LogP contribution in [0.15, 0.2) is 59.5 Å². The predicted octanol–water partition coefficient (Wildman–Crippen LogP) is 3.12. The molecule has 24 heavy (non-hydrogen) atoms. The molecule has 0 saturated carbocycles. The van der Waals surface area contributed by atoms with Crippen LogP contribution >= 0.6 is 0 Å². The Hall–Kier alpha value is -2.18. The third kappa shape index (κ3) is 4.43. The molecule has 2 N–H and O–H groups in total. The maximum absolute atomic E-state index is 12.5. The van der Waals surface area contributed by atoms with Gasteiger partial charge in [-0.2, -0.15) is 0 Å². The van der Waals surface area contributed by atoms with Gasteiger partial charge in [0.25, 0.3) is 0 Å². The van der Waals surface area contributed by atoms with E-state index in [1.165, 1.54) is 12.1 Å². The van der Waals surface area contributed by atoms with Crippen LogP contribution in [0.2, 0.25) is 0 Å². The number of rotatable bonds is 7. The van der Waals surface area contributed by atoms with Gasteiger partial charge in [0.05, 0.1) is 10.8 Å². The molecule has 2 aromatic carbocycles. The molecule has 0 spiro atoms. The largest absolute Gasteiger partial charge is 0.326 e. The number of amides is 1. The highest BCUT2D eigenvalue weighted by molar-refractivity contribution is 7.89. The Morgan fingerprint density at radius 2 is 1.62 bits per heavy atom. The van der Waals surface area contributed by atoms with Crippen LogP contribution in [0.25, 0.3) is 0 Å². The minimum atomic E-state index is -3.48. The third-order valence-electron chi connectivity index (χ3n) is 3.69. The second-order valence-corrected chi connectivity index (χ2v) is 7.15. The fourth-order valence-electron chi connectivity index (χ4n) is 2.48. The minimum absolute atomic E-state index is 0.106. The number of hydrogen-bond donors (Lipinski definition) is 2. The fraction of sp³-hybridized carbons (Fsp3) is 0.278. The molecule has 0 aliphatic rings. The Labute approximate surface area is 143 Å². The fourth-order valence-corrected chi connectivity index (χ4v) is 3.52. The van der Waals surface area contributed by atoms with Crippen molar-refractivity contribution in [2.75, 3.05) is 11.9 Å². The lowest BCUT2D eigenvalue weighted by Crippen LogP contribution is -2.23.